The van der Waals surface area contributed by atoms with Gasteiger partial charge in [-0.25, -0.2) is 4.98 Å². The normalized spacial score (nSPS) is 21.6. The van der Waals surface area contributed by atoms with E-state index >= 15 is 0 Å². The van der Waals surface area contributed by atoms with Gasteiger partial charge in [-0.3, -0.25) is 4.98 Å². The third kappa shape index (κ3) is 1.82. The van der Waals surface area contributed by atoms with Gasteiger partial charge in [0.2, 0.25) is 0 Å². The molecule has 0 aromatic carbocycles. The van der Waals surface area contributed by atoms with Gasteiger partial charge in [0.05, 0.1) is 6.20 Å². The van der Waals surface area contributed by atoms with Crippen LogP contribution in [-0.4, -0.2) is 14.5 Å². The predicted octanol–water partition coefficient (Wildman–Crippen LogP) is 2.24. The lowest BCUT2D eigenvalue weighted by Crippen LogP contribution is -2.30. The Hall–Kier alpha value is -1.68. The van der Waals surface area contributed by atoms with Crippen molar-refractivity contribution in [3.05, 3.63) is 42.1 Å². The summed E-state index contributed by atoms with van der Waals surface area (Å²) in [5.74, 6) is 0.864. The maximum Gasteiger partial charge on any atom is 0.155 e. The van der Waals surface area contributed by atoms with Crippen LogP contribution in [0.15, 0.2) is 30.9 Å². The molecule has 1 atom stereocenters. The smallest absolute Gasteiger partial charge is 0.155 e. The van der Waals surface area contributed by atoms with Crippen LogP contribution in [0, 0.1) is 5.41 Å². The van der Waals surface area contributed by atoms with Crippen LogP contribution in [-0.2, 0) is 6.42 Å². The average Bonchev–Trinajstić information content (AvgIpc) is 2.72. The summed E-state index contributed by atoms with van der Waals surface area (Å²) in [4.78, 5) is 8.49. The highest BCUT2D eigenvalue weighted by atomic mass is 15.1. The molecule has 18 heavy (non-hydrogen) atoms. The third-order valence-corrected chi connectivity index (χ3v) is 3.64. The van der Waals surface area contributed by atoms with Crippen LogP contribution < -0.4 is 5.73 Å². The Morgan fingerprint density at radius 3 is 2.94 bits per heavy atom. The van der Waals surface area contributed by atoms with Gasteiger partial charge in [0, 0.05) is 30.3 Å². The molecular weight excluding hydrogens is 224 g/mol. The van der Waals surface area contributed by atoms with E-state index < -0.39 is 0 Å². The maximum atomic E-state index is 6.26. The van der Waals surface area contributed by atoms with Crippen molar-refractivity contribution < 1.29 is 0 Å². The summed E-state index contributed by atoms with van der Waals surface area (Å²) in [6.45, 7) is 4.54. The predicted molar refractivity (Wildman–Crippen MR) is 70.4 cm³/mol. The monoisotopic (exact) mass is 242 g/mol. The van der Waals surface area contributed by atoms with E-state index in [1.807, 2.05) is 0 Å². The molecule has 0 radical (unpaired) electrons. The molecule has 0 amide bonds. The molecule has 0 aliphatic heterocycles. The minimum absolute atomic E-state index is 0.127. The fourth-order valence-electron chi connectivity index (χ4n) is 2.87. The van der Waals surface area contributed by atoms with E-state index in [9.17, 15) is 0 Å². The number of rotatable bonds is 1. The zero-order chi connectivity index (χ0) is 12.8. The number of fused-ring (bicyclic) bond motifs is 1. The number of nitrogens with zero attached hydrogens (tertiary/aromatic N) is 3. The van der Waals surface area contributed by atoms with Gasteiger partial charge in [-0.1, -0.05) is 13.8 Å². The summed E-state index contributed by atoms with van der Waals surface area (Å²) < 4.78 is 2.11. The molecule has 0 spiro atoms. The summed E-state index contributed by atoms with van der Waals surface area (Å²) in [5, 5.41) is 0. The molecule has 4 heteroatoms. The molecule has 1 aliphatic carbocycles. The maximum absolute atomic E-state index is 6.26. The quantitative estimate of drug-likeness (QED) is 0.834. The molecule has 0 fully saturated rings. The van der Waals surface area contributed by atoms with Crippen molar-refractivity contribution in [2.45, 2.75) is 32.7 Å². The molecule has 1 unspecified atom stereocenters. The van der Waals surface area contributed by atoms with Gasteiger partial charge in [0.15, 0.2) is 5.82 Å². The van der Waals surface area contributed by atoms with Crippen LogP contribution in [0.25, 0.3) is 5.82 Å². The summed E-state index contributed by atoms with van der Waals surface area (Å²) in [6.07, 6.45) is 9.30. The number of aromatic nitrogens is 3. The lowest BCUT2D eigenvalue weighted by atomic mass is 9.74. The molecule has 2 aromatic heterocycles. The number of hydrogen-bond donors (Lipinski definition) is 1. The summed E-state index contributed by atoms with van der Waals surface area (Å²) in [5.41, 5.74) is 9.03. The molecule has 2 N–H and O–H groups in total. The van der Waals surface area contributed by atoms with Crippen LogP contribution in [0.3, 0.4) is 0 Å². The molecule has 2 heterocycles. The van der Waals surface area contributed by atoms with Crippen molar-refractivity contribution in [2.24, 2.45) is 11.1 Å². The molecule has 3 rings (SSSR count). The van der Waals surface area contributed by atoms with Crippen molar-refractivity contribution in [3.8, 4) is 5.82 Å². The lowest BCUT2D eigenvalue weighted by Gasteiger charge is -2.34. The Kier molecular flexibility index (Phi) is 2.48. The minimum atomic E-state index is 0.127. The van der Waals surface area contributed by atoms with Gasteiger partial charge >= 0.3 is 0 Å². The van der Waals surface area contributed by atoms with Gasteiger partial charge in [0.25, 0.3) is 0 Å². The fraction of sp³-hybridized carbons (Fsp3) is 0.429. The highest BCUT2D eigenvalue weighted by Gasteiger charge is 2.32. The van der Waals surface area contributed by atoms with Crippen molar-refractivity contribution in [2.75, 3.05) is 0 Å². The van der Waals surface area contributed by atoms with Crippen molar-refractivity contribution in [3.63, 3.8) is 0 Å². The van der Waals surface area contributed by atoms with E-state index in [1.165, 1.54) is 11.3 Å². The molecule has 2 aromatic rings. The van der Waals surface area contributed by atoms with Gasteiger partial charge in [0.1, 0.15) is 0 Å². The number of nitrogens with two attached hydrogens (primary N) is 1. The zero-order valence-corrected chi connectivity index (χ0v) is 10.8. The van der Waals surface area contributed by atoms with Crippen LogP contribution in [0.2, 0.25) is 0 Å². The SMILES string of the molecule is CC1(C)Cc2c(ccn2-c2cnccn2)C(N)C1. The third-order valence-electron chi connectivity index (χ3n) is 3.64. The van der Waals surface area contributed by atoms with Crippen LogP contribution in [0.5, 0.6) is 0 Å². The Morgan fingerprint density at radius 1 is 1.39 bits per heavy atom. The Balaban J connectivity index is 2.10. The average molecular weight is 242 g/mol. The fourth-order valence-corrected chi connectivity index (χ4v) is 2.87. The van der Waals surface area contributed by atoms with Crippen molar-refractivity contribution in [1.29, 1.82) is 0 Å². The molecule has 1 aliphatic rings. The second-order valence-electron chi connectivity index (χ2n) is 5.80. The first-order valence-electron chi connectivity index (χ1n) is 6.29. The molecule has 0 saturated carbocycles. The van der Waals surface area contributed by atoms with Gasteiger partial charge in [-0.05, 0) is 29.9 Å². The molecule has 0 saturated heterocycles. The van der Waals surface area contributed by atoms with Crippen molar-refractivity contribution >= 4 is 0 Å². The number of hydrogen-bond acceptors (Lipinski definition) is 3. The van der Waals surface area contributed by atoms with Gasteiger partial charge in [-0.2, -0.15) is 0 Å². The van der Waals surface area contributed by atoms with E-state index in [-0.39, 0.29) is 11.5 Å². The summed E-state index contributed by atoms with van der Waals surface area (Å²) in [6, 6.07) is 2.24. The van der Waals surface area contributed by atoms with E-state index in [1.54, 1.807) is 18.6 Å². The Bertz CT molecular complexity index is 556. The van der Waals surface area contributed by atoms with Gasteiger partial charge in [-0.15, -0.1) is 0 Å². The lowest BCUT2D eigenvalue weighted by molar-refractivity contribution is 0.278. The Morgan fingerprint density at radius 2 is 2.22 bits per heavy atom. The largest absolute Gasteiger partial charge is 0.324 e. The first-order chi connectivity index (χ1) is 8.57. The zero-order valence-electron chi connectivity index (χ0n) is 10.8. The van der Waals surface area contributed by atoms with E-state index in [4.69, 9.17) is 5.73 Å². The van der Waals surface area contributed by atoms with Crippen LogP contribution in [0.4, 0.5) is 0 Å². The molecule has 0 bridgehead atoms. The highest BCUT2D eigenvalue weighted by molar-refractivity contribution is 5.36. The highest BCUT2D eigenvalue weighted by Crippen LogP contribution is 2.40. The standard InChI is InChI=1S/C14H18N4/c1-14(2)7-11(15)10-3-6-18(12(10)8-14)13-9-16-4-5-17-13/h3-6,9,11H,7-8,15H2,1-2H3. The second-order valence-corrected chi connectivity index (χ2v) is 5.80. The van der Waals surface area contributed by atoms with E-state index in [0.29, 0.717) is 0 Å². The van der Waals surface area contributed by atoms with Crippen LogP contribution in [0.1, 0.15) is 37.6 Å². The summed E-state index contributed by atoms with van der Waals surface area (Å²) in [7, 11) is 0. The van der Waals surface area contributed by atoms with E-state index in [0.717, 1.165) is 18.7 Å². The first kappa shape index (κ1) is 11.4. The molecular formula is C14H18N4. The van der Waals surface area contributed by atoms with Crippen LogP contribution >= 0.6 is 0 Å². The topological polar surface area (TPSA) is 56.7 Å². The van der Waals surface area contributed by atoms with Gasteiger partial charge < -0.3 is 10.3 Å². The molecule has 4 nitrogen and oxygen atoms in total. The van der Waals surface area contributed by atoms with E-state index in [2.05, 4.69) is 40.6 Å². The second kappa shape index (κ2) is 3.92. The first-order valence-corrected chi connectivity index (χ1v) is 6.29. The molecule has 94 valence electrons. The Labute approximate surface area is 107 Å². The summed E-state index contributed by atoms with van der Waals surface area (Å²) >= 11 is 0. The minimum Gasteiger partial charge on any atom is -0.324 e. The van der Waals surface area contributed by atoms with Crippen molar-refractivity contribution in [1.82, 2.24) is 14.5 Å².